The Balaban J connectivity index is 1.01. The number of fused-ring (bicyclic) bond motifs is 11. The number of nitrogens with zero attached hydrogens (tertiary/aromatic N) is 2. The number of hydrogen-bond acceptors (Lipinski definition) is 3. The molecule has 0 unspecified atom stereocenters. The minimum atomic E-state index is 0.842. The molecule has 62 heavy (non-hydrogen) atoms. The maximum atomic E-state index is 6.76. The van der Waals surface area contributed by atoms with Gasteiger partial charge in [-0.25, -0.2) is 0 Å². The van der Waals surface area contributed by atoms with Gasteiger partial charge >= 0.3 is 0 Å². The summed E-state index contributed by atoms with van der Waals surface area (Å²) in [6.07, 6.45) is 0. The van der Waals surface area contributed by atoms with E-state index in [1.165, 1.54) is 32.6 Å². The van der Waals surface area contributed by atoms with E-state index in [4.69, 9.17) is 8.83 Å². The summed E-state index contributed by atoms with van der Waals surface area (Å²) in [6.45, 7) is 0. The smallest absolute Gasteiger partial charge is 0.145 e. The fourth-order valence-electron chi connectivity index (χ4n) is 9.73. The molecule has 0 saturated carbocycles. The molecule has 0 bridgehead atoms. The molecule has 13 rings (SSSR count). The monoisotopic (exact) mass is 792 g/mol. The van der Waals surface area contributed by atoms with Gasteiger partial charge in [-0.1, -0.05) is 146 Å². The zero-order chi connectivity index (χ0) is 40.7. The normalized spacial score (nSPS) is 11.9. The second kappa shape index (κ2) is 13.6. The third-order valence-corrected chi connectivity index (χ3v) is 12.6. The van der Waals surface area contributed by atoms with Gasteiger partial charge in [0.25, 0.3) is 0 Å². The van der Waals surface area contributed by atoms with E-state index in [1.54, 1.807) is 0 Å². The van der Waals surface area contributed by atoms with E-state index in [9.17, 15) is 0 Å². The average molecular weight is 793 g/mol. The van der Waals surface area contributed by atoms with Crippen LogP contribution in [-0.4, -0.2) is 4.57 Å². The fraction of sp³-hybridized carbons (Fsp3) is 0. The minimum Gasteiger partial charge on any atom is -0.456 e. The Kier molecular flexibility index (Phi) is 7.57. The molecule has 0 aliphatic heterocycles. The van der Waals surface area contributed by atoms with E-state index in [2.05, 4.69) is 210 Å². The molecule has 0 saturated heterocycles. The topological polar surface area (TPSA) is 34.5 Å². The summed E-state index contributed by atoms with van der Waals surface area (Å²) in [5.41, 5.74) is 14.5. The fourth-order valence-corrected chi connectivity index (χ4v) is 9.73. The number of aromatic nitrogens is 1. The van der Waals surface area contributed by atoms with Crippen LogP contribution in [0.3, 0.4) is 0 Å². The first-order valence-corrected chi connectivity index (χ1v) is 21.1. The largest absolute Gasteiger partial charge is 0.456 e. The summed E-state index contributed by atoms with van der Waals surface area (Å²) in [6, 6.07) is 77.9. The highest BCUT2D eigenvalue weighted by Gasteiger charge is 2.23. The molecule has 3 heterocycles. The van der Waals surface area contributed by atoms with Crippen molar-refractivity contribution in [2.75, 3.05) is 4.90 Å². The first-order chi connectivity index (χ1) is 30.7. The third kappa shape index (κ3) is 5.27. The van der Waals surface area contributed by atoms with Crippen molar-refractivity contribution in [3.8, 4) is 27.9 Å². The predicted octanol–water partition coefficient (Wildman–Crippen LogP) is 16.5. The molecule has 4 heteroatoms. The Hall–Kier alpha value is -8.34. The SMILES string of the molecule is c1ccc(-c2ccc(N(c3ccc(-c4ccc5c6ccc7ccccc7c6n(-c6ccccc6)c5c4)cc3)c3ccc4c(c3)oc3ccccc34)c3c2oc2ccccc23)cc1. The van der Waals surface area contributed by atoms with Crippen LogP contribution >= 0.6 is 0 Å². The van der Waals surface area contributed by atoms with Crippen molar-refractivity contribution >= 4 is 93.5 Å². The lowest BCUT2D eigenvalue weighted by Gasteiger charge is -2.27. The van der Waals surface area contributed by atoms with Crippen LogP contribution in [-0.2, 0) is 0 Å². The summed E-state index contributed by atoms with van der Waals surface area (Å²) < 4.78 is 15.7. The molecule has 290 valence electrons. The molecule has 0 N–H and O–H groups in total. The molecule has 0 radical (unpaired) electrons. The van der Waals surface area contributed by atoms with Gasteiger partial charge in [0.2, 0.25) is 0 Å². The van der Waals surface area contributed by atoms with Gasteiger partial charge in [0.15, 0.2) is 0 Å². The lowest BCUT2D eigenvalue weighted by Crippen LogP contribution is -2.10. The average Bonchev–Trinajstić information content (AvgIpc) is 4.02. The molecule has 0 atom stereocenters. The van der Waals surface area contributed by atoms with Gasteiger partial charge < -0.3 is 18.3 Å². The van der Waals surface area contributed by atoms with Crippen molar-refractivity contribution in [2.45, 2.75) is 0 Å². The number of benzene rings is 10. The Morgan fingerprint density at radius 3 is 1.82 bits per heavy atom. The van der Waals surface area contributed by atoms with E-state index < -0.39 is 0 Å². The van der Waals surface area contributed by atoms with Crippen molar-refractivity contribution in [1.29, 1.82) is 0 Å². The van der Waals surface area contributed by atoms with Crippen LogP contribution in [0.25, 0.3) is 104 Å². The number of hydrogen-bond donors (Lipinski definition) is 0. The molecular weight excluding hydrogens is 757 g/mol. The first-order valence-electron chi connectivity index (χ1n) is 21.1. The number of rotatable bonds is 6. The quantitative estimate of drug-likeness (QED) is 0.168. The van der Waals surface area contributed by atoms with E-state index in [0.717, 1.165) is 88.9 Å². The van der Waals surface area contributed by atoms with Gasteiger partial charge in [-0.3, -0.25) is 0 Å². The Morgan fingerprint density at radius 2 is 1.00 bits per heavy atom. The van der Waals surface area contributed by atoms with Crippen molar-refractivity contribution in [3.63, 3.8) is 0 Å². The number of para-hydroxylation sites is 3. The highest BCUT2D eigenvalue weighted by molar-refractivity contribution is 6.20. The van der Waals surface area contributed by atoms with Crippen LogP contribution in [0.1, 0.15) is 0 Å². The highest BCUT2D eigenvalue weighted by atomic mass is 16.3. The van der Waals surface area contributed by atoms with Crippen molar-refractivity contribution in [1.82, 2.24) is 4.57 Å². The van der Waals surface area contributed by atoms with Crippen LogP contribution in [0, 0.1) is 0 Å². The van der Waals surface area contributed by atoms with Crippen LogP contribution in [0.5, 0.6) is 0 Å². The molecule has 0 aliphatic rings. The van der Waals surface area contributed by atoms with Crippen molar-refractivity contribution < 1.29 is 8.83 Å². The van der Waals surface area contributed by atoms with E-state index in [-0.39, 0.29) is 0 Å². The second-order valence-electron chi connectivity index (χ2n) is 16.0. The predicted molar refractivity (Wildman–Crippen MR) is 258 cm³/mol. The molecule has 13 aromatic rings. The van der Waals surface area contributed by atoms with Crippen LogP contribution in [0.2, 0.25) is 0 Å². The van der Waals surface area contributed by atoms with Gasteiger partial charge in [-0.05, 0) is 88.8 Å². The van der Waals surface area contributed by atoms with Crippen LogP contribution in [0.15, 0.2) is 227 Å². The van der Waals surface area contributed by atoms with E-state index in [0.29, 0.717) is 0 Å². The Labute approximate surface area is 356 Å². The Bertz CT molecular complexity index is 3860. The molecular formula is C58H36N2O2. The molecule has 3 aromatic heterocycles. The van der Waals surface area contributed by atoms with Gasteiger partial charge in [0.05, 0.1) is 22.1 Å². The van der Waals surface area contributed by atoms with Crippen molar-refractivity contribution in [2.24, 2.45) is 0 Å². The van der Waals surface area contributed by atoms with E-state index >= 15 is 0 Å². The summed E-state index contributed by atoms with van der Waals surface area (Å²) in [5, 5.41) is 9.28. The summed E-state index contributed by atoms with van der Waals surface area (Å²) in [4.78, 5) is 2.34. The maximum Gasteiger partial charge on any atom is 0.145 e. The molecule has 0 aliphatic carbocycles. The highest BCUT2D eigenvalue weighted by Crippen LogP contribution is 2.47. The van der Waals surface area contributed by atoms with E-state index in [1.807, 2.05) is 18.2 Å². The lowest BCUT2D eigenvalue weighted by atomic mass is 9.99. The summed E-state index contributed by atoms with van der Waals surface area (Å²) in [7, 11) is 0. The number of anilines is 3. The van der Waals surface area contributed by atoms with Gasteiger partial charge in [0.1, 0.15) is 22.3 Å². The molecule has 0 fully saturated rings. The van der Waals surface area contributed by atoms with Gasteiger partial charge in [0, 0.05) is 61.0 Å². The number of furan rings is 2. The Morgan fingerprint density at radius 1 is 0.371 bits per heavy atom. The molecule has 0 spiro atoms. The zero-order valence-electron chi connectivity index (χ0n) is 33.5. The summed E-state index contributed by atoms with van der Waals surface area (Å²) >= 11 is 0. The molecule has 4 nitrogen and oxygen atoms in total. The maximum absolute atomic E-state index is 6.76. The van der Waals surface area contributed by atoms with Crippen LogP contribution < -0.4 is 4.90 Å². The molecule has 10 aromatic carbocycles. The lowest BCUT2D eigenvalue weighted by molar-refractivity contribution is 0.669. The first kappa shape index (κ1) is 34.5. The van der Waals surface area contributed by atoms with Gasteiger partial charge in [-0.2, -0.15) is 0 Å². The zero-order valence-corrected chi connectivity index (χ0v) is 33.5. The second-order valence-corrected chi connectivity index (χ2v) is 16.0. The molecule has 0 amide bonds. The summed E-state index contributed by atoms with van der Waals surface area (Å²) in [5.74, 6) is 0. The van der Waals surface area contributed by atoms with Gasteiger partial charge in [-0.15, -0.1) is 0 Å². The minimum absolute atomic E-state index is 0.842. The van der Waals surface area contributed by atoms with Crippen molar-refractivity contribution in [3.05, 3.63) is 218 Å². The third-order valence-electron chi connectivity index (χ3n) is 12.6. The van der Waals surface area contributed by atoms with Crippen LogP contribution in [0.4, 0.5) is 17.1 Å². The standard InChI is InChI=1S/C58H36N2O2/c1-3-13-38(14-4-1)45-33-34-51(56-50-20-10-12-22-54(50)62-58(45)56)59(43-29-32-48-47-19-9-11-21-53(47)61-55(48)36-43)42-27-23-37(24-28-42)40-26-30-46-49-31-25-39-15-7-8-18-44(39)57(49)60(52(46)35-40)41-16-5-2-6-17-41/h1-36H.